The number of guanidine groups is 1. The summed E-state index contributed by atoms with van der Waals surface area (Å²) in [6, 6.07) is 4.22. The number of aromatic nitrogens is 3. The summed E-state index contributed by atoms with van der Waals surface area (Å²) in [6.07, 6.45) is 2.28. The number of aryl methyl sites for hydroxylation is 1. The smallest absolute Gasteiger partial charge is 0.194 e. The number of nitrogens with zero attached hydrogens (tertiary/aromatic N) is 5. The Morgan fingerprint density at radius 1 is 1.42 bits per heavy atom. The first kappa shape index (κ1) is 18.9. The van der Waals surface area contributed by atoms with E-state index in [1.807, 2.05) is 18.5 Å². The summed E-state index contributed by atoms with van der Waals surface area (Å²) >= 11 is 5.27. The predicted molar refractivity (Wildman–Crippen MR) is 103 cm³/mol. The first-order chi connectivity index (χ1) is 11.5. The highest BCUT2D eigenvalue weighted by Gasteiger charge is 2.10. The fourth-order valence-electron chi connectivity index (χ4n) is 2.17. The van der Waals surface area contributed by atoms with Crippen molar-refractivity contribution in [2.75, 3.05) is 13.6 Å². The number of unbranched alkanes of at least 4 members (excludes halogenated alkanes) is 1. The van der Waals surface area contributed by atoms with Crippen LogP contribution in [0, 0.1) is 6.92 Å². The number of hydrogen-bond donors (Lipinski definition) is 1. The Morgan fingerprint density at radius 3 is 2.79 bits per heavy atom. The maximum Gasteiger partial charge on any atom is 0.194 e. The van der Waals surface area contributed by atoms with Crippen LogP contribution in [0.4, 0.5) is 0 Å². The van der Waals surface area contributed by atoms with Gasteiger partial charge < -0.3 is 14.8 Å². The summed E-state index contributed by atoms with van der Waals surface area (Å²) in [4.78, 5) is 8.19. The minimum atomic E-state index is 0.518. The van der Waals surface area contributed by atoms with Gasteiger partial charge in [0, 0.05) is 25.5 Å². The van der Waals surface area contributed by atoms with E-state index in [0.717, 1.165) is 47.3 Å². The van der Waals surface area contributed by atoms with Gasteiger partial charge >= 0.3 is 0 Å². The molecular formula is C16H25BrN6S. The highest BCUT2D eigenvalue weighted by molar-refractivity contribution is 9.11. The standard InChI is InChI=1S/C16H25BrN6S/c1-5-6-9-18-16(19-10-15-21-20-12(2)23(15)4)22(3)11-13-7-8-14(17)24-13/h7-8H,5-6,9-11H2,1-4H3,(H,18,19). The van der Waals surface area contributed by atoms with E-state index in [9.17, 15) is 0 Å². The molecule has 2 heterocycles. The SMILES string of the molecule is CCCCNC(=NCc1nnc(C)n1C)N(C)Cc1ccc(Br)s1. The van der Waals surface area contributed by atoms with Crippen LogP contribution in [0.25, 0.3) is 0 Å². The molecule has 0 bridgehead atoms. The molecule has 0 amide bonds. The molecule has 2 aromatic heterocycles. The Hall–Kier alpha value is -1.41. The number of rotatable bonds is 7. The molecule has 0 radical (unpaired) electrons. The largest absolute Gasteiger partial charge is 0.356 e. The van der Waals surface area contributed by atoms with Crippen molar-refractivity contribution in [2.45, 2.75) is 39.8 Å². The predicted octanol–water partition coefficient (Wildman–Crippen LogP) is 3.33. The molecule has 132 valence electrons. The molecule has 0 aliphatic rings. The third kappa shape index (κ3) is 5.31. The lowest BCUT2D eigenvalue weighted by atomic mass is 10.3. The van der Waals surface area contributed by atoms with E-state index in [0.29, 0.717) is 6.54 Å². The molecule has 0 atom stereocenters. The second-order valence-electron chi connectivity index (χ2n) is 5.70. The first-order valence-corrected chi connectivity index (χ1v) is 9.70. The summed E-state index contributed by atoms with van der Waals surface area (Å²) in [6.45, 7) is 6.40. The van der Waals surface area contributed by atoms with Gasteiger partial charge in [-0.1, -0.05) is 13.3 Å². The van der Waals surface area contributed by atoms with Gasteiger partial charge in [-0.05, 0) is 41.4 Å². The monoisotopic (exact) mass is 412 g/mol. The molecule has 6 nitrogen and oxygen atoms in total. The second-order valence-corrected chi connectivity index (χ2v) is 8.25. The van der Waals surface area contributed by atoms with Crippen LogP contribution >= 0.6 is 27.3 Å². The molecule has 8 heteroatoms. The maximum absolute atomic E-state index is 4.74. The number of aliphatic imine (C=N–C) groups is 1. The molecular weight excluding hydrogens is 388 g/mol. The molecule has 0 aliphatic heterocycles. The molecule has 0 unspecified atom stereocenters. The lowest BCUT2D eigenvalue weighted by Crippen LogP contribution is -2.39. The van der Waals surface area contributed by atoms with Crippen LogP contribution in [-0.2, 0) is 20.1 Å². The molecule has 2 aromatic rings. The van der Waals surface area contributed by atoms with Gasteiger partial charge in [-0.3, -0.25) is 0 Å². The van der Waals surface area contributed by atoms with Crippen molar-refractivity contribution in [3.63, 3.8) is 0 Å². The van der Waals surface area contributed by atoms with Gasteiger partial charge in [0.05, 0.1) is 10.3 Å². The zero-order valence-electron chi connectivity index (χ0n) is 14.7. The summed E-state index contributed by atoms with van der Waals surface area (Å²) < 4.78 is 3.13. The highest BCUT2D eigenvalue weighted by Crippen LogP contribution is 2.23. The first-order valence-electron chi connectivity index (χ1n) is 8.09. The summed E-state index contributed by atoms with van der Waals surface area (Å²) in [7, 11) is 4.03. The third-order valence-corrected chi connectivity index (χ3v) is 5.36. The van der Waals surface area contributed by atoms with Crippen LogP contribution in [0.2, 0.25) is 0 Å². The normalized spacial score (nSPS) is 11.8. The van der Waals surface area contributed by atoms with E-state index in [-0.39, 0.29) is 0 Å². The maximum atomic E-state index is 4.74. The number of hydrogen-bond acceptors (Lipinski definition) is 4. The van der Waals surface area contributed by atoms with Crippen molar-refractivity contribution in [2.24, 2.45) is 12.0 Å². The topological polar surface area (TPSA) is 58.3 Å². The van der Waals surface area contributed by atoms with Gasteiger partial charge in [-0.2, -0.15) is 0 Å². The molecule has 2 rings (SSSR count). The molecule has 24 heavy (non-hydrogen) atoms. The van der Waals surface area contributed by atoms with Gasteiger partial charge in [0.2, 0.25) is 0 Å². The van der Waals surface area contributed by atoms with Crippen molar-refractivity contribution in [3.8, 4) is 0 Å². The van der Waals surface area contributed by atoms with E-state index in [1.54, 1.807) is 11.3 Å². The second kappa shape index (κ2) is 9.17. The Balaban J connectivity index is 2.07. The summed E-state index contributed by atoms with van der Waals surface area (Å²) in [5, 5.41) is 11.7. The van der Waals surface area contributed by atoms with E-state index < -0.39 is 0 Å². The number of thiophene rings is 1. The molecule has 0 spiro atoms. The number of halogens is 1. The molecule has 0 aliphatic carbocycles. The lowest BCUT2D eigenvalue weighted by Gasteiger charge is -2.22. The Labute approximate surface area is 156 Å². The van der Waals surface area contributed by atoms with Crippen LogP contribution in [0.3, 0.4) is 0 Å². The average Bonchev–Trinajstić information content (AvgIpc) is 3.10. The quantitative estimate of drug-likeness (QED) is 0.430. The Morgan fingerprint density at radius 2 is 2.21 bits per heavy atom. The van der Waals surface area contributed by atoms with E-state index in [1.165, 1.54) is 4.88 Å². The van der Waals surface area contributed by atoms with Crippen LogP contribution in [-0.4, -0.2) is 39.2 Å². The molecule has 1 N–H and O–H groups in total. The molecule has 0 saturated heterocycles. The minimum Gasteiger partial charge on any atom is -0.356 e. The number of nitrogens with one attached hydrogen (secondary N) is 1. The van der Waals surface area contributed by atoms with E-state index in [2.05, 4.69) is 62.4 Å². The Kier molecular flexibility index (Phi) is 7.23. The highest BCUT2D eigenvalue weighted by atomic mass is 79.9. The van der Waals surface area contributed by atoms with Crippen LogP contribution < -0.4 is 5.32 Å². The van der Waals surface area contributed by atoms with Crippen LogP contribution in [0.1, 0.15) is 36.3 Å². The summed E-state index contributed by atoms with van der Waals surface area (Å²) in [5.41, 5.74) is 0. The van der Waals surface area contributed by atoms with Gasteiger partial charge in [0.1, 0.15) is 12.4 Å². The molecule has 0 saturated carbocycles. The van der Waals surface area contributed by atoms with Crippen molar-refractivity contribution < 1.29 is 0 Å². The van der Waals surface area contributed by atoms with Gasteiger partial charge in [-0.15, -0.1) is 21.5 Å². The van der Waals surface area contributed by atoms with Crippen molar-refractivity contribution in [1.82, 2.24) is 25.0 Å². The van der Waals surface area contributed by atoms with E-state index in [4.69, 9.17) is 4.99 Å². The fraction of sp³-hybridized carbons (Fsp3) is 0.562. The fourth-order valence-corrected chi connectivity index (χ4v) is 3.70. The van der Waals surface area contributed by atoms with Crippen molar-refractivity contribution in [3.05, 3.63) is 32.4 Å². The minimum absolute atomic E-state index is 0.518. The zero-order valence-corrected chi connectivity index (χ0v) is 17.1. The Bertz CT molecular complexity index is 678. The van der Waals surface area contributed by atoms with Crippen LogP contribution in [0.5, 0.6) is 0 Å². The third-order valence-electron chi connectivity index (χ3n) is 3.75. The molecule has 0 aromatic carbocycles. The van der Waals surface area contributed by atoms with Gasteiger partial charge in [0.25, 0.3) is 0 Å². The average molecular weight is 413 g/mol. The van der Waals surface area contributed by atoms with Crippen molar-refractivity contribution >= 4 is 33.2 Å². The van der Waals surface area contributed by atoms with E-state index >= 15 is 0 Å². The molecule has 0 fully saturated rings. The van der Waals surface area contributed by atoms with Crippen LogP contribution in [0.15, 0.2) is 20.9 Å². The van der Waals surface area contributed by atoms with Gasteiger partial charge in [-0.25, -0.2) is 4.99 Å². The van der Waals surface area contributed by atoms with Crippen molar-refractivity contribution in [1.29, 1.82) is 0 Å². The van der Waals surface area contributed by atoms with Gasteiger partial charge in [0.15, 0.2) is 11.8 Å². The lowest BCUT2D eigenvalue weighted by molar-refractivity contribution is 0.477. The zero-order chi connectivity index (χ0) is 17.5. The summed E-state index contributed by atoms with van der Waals surface area (Å²) in [5.74, 6) is 2.67.